The largest absolute Gasteiger partial charge is 0.299 e. The lowest BCUT2D eigenvalue weighted by Gasteiger charge is -2.56. The van der Waals surface area contributed by atoms with E-state index >= 15 is 0 Å². The summed E-state index contributed by atoms with van der Waals surface area (Å²) in [5.74, 6) is 2.16. The van der Waals surface area contributed by atoms with E-state index in [1.807, 2.05) is 0 Å². The second-order valence-corrected chi connectivity index (χ2v) is 7.97. The highest BCUT2D eigenvalue weighted by Gasteiger charge is 2.54. The van der Waals surface area contributed by atoms with Crippen molar-refractivity contribution in [2.24, 2.45) is 23.2 Å². The Morgan fingerprint density at radius 2 is 1.71 bits per heavy atom. The van der Waals surface area contributed by atoms with Crippen LogP contribution in [0.1, 0.15) is 44.1 Å². The van der Waals surface area contributed by atoms with Crippen molar-refractivity contribution in [3.63, 3.8) is 0 Å². The summed E-state index contributed by atoms with van der Waals surface area (Å²) in [6, 6.07) is 4.65. The van der Waals surface area contributed by atoms with Crippen molar-refractivity contribution in [1.82, 2.24) is 0 Å². The van der Waals surface area contributed by atoms with E-state index < -0.39 is 0 Å². The van der Waals surface area contributed by atoms with Gasteiger partial charge in [0.2, 0.25) is 0 Å². The molecule has 0 aromatic heterocycles. The lowest BCUT2D eigenvalue weighted by atomic mass is 9.48. The maximum absolute atomic E-state index is 13.9. The maximum Gasteiger partial charge on any atom is 0.143 e. The number of rotatable bonds is 3. The van der Waals surface area contributed by atoms with E-state index in [-0.39, 0.29) is 23.4 Å². The summed E-state index contributed by atoms with van der Waals surface area (Å²) in [4.78, 5) is 12.9. The molecule has 4 fully saturated rings. The average molecular weight is 307 g/mol. The summed E-state index contributed by atoms with van der Waals surface area (Å²) < 4.78 is 13.9. The van der Waals surface area contributed by atoms with E-state index in [0.717, 1.165) is 37.0 Å². The van der Waals surface area contributed by atoms with E-state index in [9.17, 15) is 9.18 Å². The van der Waals surface area contributed by atoms with Crippen LogP contribution in [0, 0.1) is 29.0 Å². The summed E-state index contributed by atoms with van der Waals surface area (Å²) in [6.07, 6.45) is 7.34. The lowest BCUT2D eigenvalue weighted by molar-refractivity contribution is -0.143. The standard InChI is InChI=1S/C18H20ClFO/c19-15-2-1-14(16(20)7-15)6-17(21)18-8-11-3-12(9-18)5-13(4-11)10-18/h1-2,7,11-13H,3-6,8-10H2. The normalized spacial score (nSPS) is 37.0. The van der Waals surface area contributed by atoms with Crippen molar-refractivity contribution in [3.05, 3.63) is 34.6 Å². The highest BCUT2D eigenvalue weighted by Crippen LogP contribution is 2.60. The molecule has 0 atom stereocenters. The molecule has 0 amide bonds. The van der Waals surface area contributed by atoms with E-state index in [1.54, 1.807) is 12.1 Å². The molecule has 1 aromatic carbocycles. The van der Waals surface area contributed by atoms with Crippen LogP contribution in [-0.2, 0) is 11.2 Å². The van der Waals surface area contributed by atoms with Crippen LogP contribution in [0.2, 0.25) is 5.02 Å². The Morgan fingerprint density at radius 3 is 2.24 bits per heavy atom. The van der Waals surface area contributed by atoms with Crippen LogP contribution in [0.4, 0.5) is 4.39 Å². The van der Waals surface area contributed by atoms with Gasteiger partial charge in [-0.25, -0.2) is 4.39 Å². The molecule has 0 aliphatic heterocycles. The van der Waals surface area contributed by atoms with Gasteiger partial charge in [0.05, 0.1) is 0 Å². The van der Waals surface area contributed by atoms with Crippen LogP contribution in [0.25, 0.3) is 0 Å². The molecule has 4 aliphatic carbocycles. The fraction of sp³-hybridized carbons (Fsp3) is 0.611. The number of hydrogen-bond acceptors (Lipinski definition) is 1. The summed E-state index contributed by atoms with van der Waals surface area (Å²) in [5.41, 5.74) is 0.362. The van der Waals surface area contributed by atoms with Crippen LogP contribution in [-0.4, -0.2) is 5.78 Å². The van der Waals surface area contributed by atoms with Gasteiger partial charge in [0.25, 0.3) is 0 Å². The van der Waals surface area contributed by atoms with E-state index in [4.69, 9.17) is 11.6 Å². The Kier molecular flexibility index (Phi) is 3.15. The second kappa shape index (κ2) is 4.81. The first-order valence-corrected chi connectivity index (χ1v) is 8.39. The van der Waals surface area contributed by atoms with Crippen LogP contribution >= 0.6 is 11.6 Å². The quantitative estimate of drug-likeness (QED) is 0.783. The molecular weight excluding hydrogens is 287 g/mol. The molecule has 0 heterocycles. The van der Waals surface area contributed by atoms with Crippen molar-refractivity contribution < 1.29 is 9.18 Å². The van der Waals surface area contributed by atoms with Gasteiger partial charge in [0.1, 0.15) is 11.6 Å². The third kappa shape index (κ3) is 2.32. The lowest BCUT2D eigenvalue weighted by Crippen LogP contribution is -2.50. The summed E-state index contributed by atoms with van der Waals surface area (Å²) in [6.45, 7) is 0. The molecule has 1 aromatic rings. The van der Waals surface area contributed by atoms with Crippen LogP contribution in [0.3, 0.4) is 0 Å². The number of benzene rings is 1. The number of ketones is 1. The van der Waals surface area contributed by atoms with E-state index in [1.165, 1.54) is 25.3 Å². The Morgan fingerprint density at radius 1 is 1.14 bits per heavy atom. The highest BCUT2D eigenvalue weighted by atomic mass is 35.5. The molecule has 112 valence electrons. The van der Waals surface area contributed by atoms with Crippen LogP contribution in [0.15, 0.2) is 18.2 Å². The minimum Gasteiger partial charge on any atom is -0.299 e. The number of Topliss-reactive ketones (excluding diaryl/α,β-unsaturated/α-hetero) is 1. The molecule has 0 spiro atoms. The molecule has 1 nitrogen and oxygen atoms in total. The molecule has 0 unspecified atom stereocenters. The third-order valence-corrected chi connectivity index (χ3v) is 6.23. The monoisotopic (exact) mass is 306 g/mol. The first-order valence-electron chi connectivity index (χ1n) is 8.01. The molecule has 4 saturated carbocycles. The van der Waals surface area contributed by atoms with E-state index in [2.05, 4.69) is 0 Å². The minimum atomic E-state index is -0.347. The number of hydrogen-bond donors (Lipinski definition) is 0. The topological polar surface area (TPSA) is 17.1 Å². The van der Waals surface area contributed by atoms with Crippen molar-refractivity contribution in [2.75, 3.05) is 0 Å². The number of carbonyl (C=O) groups is 1. The first-order chi connectivity index (χ1) is 10.0. The number of halogens is 2. The van der Waals surface area contributed by atoms with Crippen LogP contribution < -0.4 is 0 Å². The zero-order valence-electron chi connectivity index (χ0n) is 12.1. The van der Waals surface area contributed by atoms with Gasteiger partial charge >= 0.3 is 0 Å². The van der Waals surface area contributed by atoms with Gasteiger partial charge in [-0.3, -0.25) is 4.79 Å². The summed E-state index contributed by atoms with van der Waals surface area (Å²) in [7, 11) is 0. The predicted octanol–water partition coefficient (Wildman–Crippen LogP) is 4.81. The zero-order valence-corrected chi connectivity index (χ0v) is 12.8. The molecule has 4 aliphatic rings. The van der Waals surface area contributed by atoms with Gasteiger partial charge < -0.3 is 0 Å². The Bertz CT molecular complexity index is 560. The molecule has 0 radical (unpaired) electrons. The second-order valence-electron chi connectivity index (χ2n) is 7.53. The van der Waals surface area contributed by atoms with Gasteiger partial charge in [-0.05, 0) is 74.0 Å². The van der Waals surface area contributed by atoms with Crippen molar-refractivity contribution in [1.29, 1.82) is 0 Å². The fourth-order valence-electron chi connectivity index (χ4n) is 5.48. The van der Waals surface area contributed by atoms with Gasteiger partial charge in [-0.15, -0.1) is 0 Å². The zero-order chi connectivity index (χ0) is 14.6. The molecule has 0 N–H and O–H groups in total. The van der Waals surface area contributed by atoms with Crippen molar-refractivity contribution >= 4 is 17.4 Å². The third-order valence-electron chi connectivity index (χ3n) is 6.00. The van der Waals surface area contributed by atoms with Crippen LogP contribution in [0.5, 0.6) is 0 Å². The smallest absolute Gasteiger partial charge is 0.143 e. The van der Waals surface area contributed by atoms with Crippen molar-refractivity contribution in [2.45, 2.75) is 44.9 Å². The maximum atomic E-state index is 13.9. The fourth-order valence-corrected chi connectivity index (χ4v) is 5.64. The summed E-state index contributed by atoms with van der Waals surface area (Å²) >= 11 is 5.79. The molecule has 21 heavy (non-hydrogen) atoms. The number of carbonyl (C=O) groups excluding carboxylic acids is 1. The molecule has 4 bridgehead atoms. The molecule has 0 saturated heterocycles. The molecular formula is C18H20ClFO. The molecule has 5 rings (SSSR count). The van der Waals surface area contributed by atoms with Gasteiger partial charge in [0.15, 0.2) is 0 Å². The van der Waals surface area contributed by atoms with Crippen molar-refractivity contribution in [3.8, 4) is 0 Å². The predicted molar refractivity (Wildman–Crippen MR) is 80.7 cm³/mol. The Hall–Kier alpha value is -0.890. The average Bonchev–Trinajstić information content (AvgIpc) is 2.40. The first kappa shape index (κ1) is 13.8. The van der Waals surface area contributed by atoms with Gasteiger partial charge in [0, 0.05) is 16.9 Å². The summed E-state index contributed by atoms with van der Waals surface area (Å²) in [5, 5.41) is 0.388. The molecule has 3 heteroatoms. The Labute approximate surface area is 129 Å². The van der Waals surface area contributed by atoms with Gasteiger partial charge in [-0.2, -0.15) is 0 Å². The SMILES string of the molecule is O=C(Cc1ccc(Cl)cc1F)C12CC3CC(CC(C3)C1)C2. The minimum absolute atomic E-state index is 0.138. The van der Waals surface area contributed by atoms with Gasteiger partial charge in [-0.1, -0.05) is 17.7 Å². The highest BCUT2D eigenvalue weighted by molar-refractivity contribution is 6.30. The van der Waals surface area contributed by atoms with E-state index in [0.29, 0.717) is 10.6 Å². The Balaban J connectivity index is 1.57.